The van der Waals surface area contributed by atoms with E-state index in [0.29, 0.717) is 0 Å². The minimum atomic E-state index is -4.53. The van der Waals surface area contributed by atoms with E-state index >= 15 is 0 Å². The molecule has 0 spiro atoms. The van der Waals surface area contributed by atoms with Gasteiger partial charge < -0.3 is 5.11 Å². The van der Waals surface area contributed by atoms with Gasteiger partial charge in [0, 0.05) is 7.05 Å². The third-order valence-corrected chi connectivity index (χ3v) is 1.88. The maximum absolute atomic E-state index is 12.6. The lowest BCUT2D eigenvalue weighted by molar-refractivity contribution is -0.138. The van der Waals surface area contributed by atoms with Gasteiger partial charge in [-0.25, -0.2) is 0 Å². The van der Waals surface area contributed by atoms with Gasteiger partial charge in [-0.2, -0.15) is 13.2 Å². The summed E-state index contributed by atoms with van der Waals surface area (Å²) in [5.74, 6) is -1.15. The van der Waals surface area contributed by atoms with E-state index in [1.807, 2.05) is 0 Å². The molecule has 0 heterocycles. The van der Waals surface area contributed by atoms with Crippen molar-refractivity contribution in [2.45, 2.75) is 6.18 Å². The number of carboxylic acids is 1. The summed E-state index contributed by atoms with van der Waals surface area (Å²) in [6.45, 7) is -0.447. The molecule has 0 aromatic heterocycles. The summed E-state index contributed by atoms with van der Waals surface area (Å²) >= 11 is 0. The number of carbonyl (C=O) groups is 1. The first-order valence-electron chi connectivity index (χ1n) is 4.81. The highest BCUT2D eigenvalue weighted by atomic mass is 19.4. The van der Waals surface area contributed by atoms with Crippen LogP contribution < -0.4 is 0 Å². The van der Waals surface area contributed by atoms with Crippen molar-refractivity contribution >= 4 is 11.7 Å². The van der Waals surface area contributed by atoms with Crippen LogP contribution in [0.15, 0.2) is 34.6 Å². The fourth-order valence-corrected chi connectivity index (χ4v) is 1.15. The van der Waals surface area contributed by atoms with Crippen LogP contribution in [0.4, 0.5) is 18.9 Å². The van der Waals surface area contributed by atoms with Crippen LogP contribution >= 0.6 is 0 Å². The SMILES string of the molecule is CN(CC(=O)O)N=Nc1ccccc1C(F)(F)F. The number of nitrogens with zero attached hydrogens (tertiary/aromatic N) is 3. The molecule has 0 aliphatic heterocycles. The Bertz CT molecular complexity index is 460. The Morgan fingerprint density at radius 2 is 2.00 bits per heavy atom. The maximum Gasteiger partial charge on any atom is 0.418 e. The zero-order chi connectivity index (χ0) is 13.8. The first-order valence-corrected chi connectivity index (χ1v) is 4.81. The van der Waals surface area contributed by atoms with Crippen LogP contribution in [0.2, 0.25) is 0 Å². The largest absolute Gasteiger partial charge is 0.480 e. The van der Waals surface area contributed by atoms with Crippen molar-refractivity contribution < 1.29 is 23.1 Å². The normalized spacial score (nSPS) is 11.8. The highest BCUT2D eigenvalue weighted by molar-refractivity contribution is 5.68. The van der Waals surface area contributed by atoms with E-state index in [2.05, 4.69) is 10.3 Å². The van der Waals surface area contributed by atoms with E-state index in [0.717, 1.165) is 17.1 Å². The molecule has 18 heavy (non-hydrogen) atoms. The first-order chi connectivity index (χ1) is 8.30. The van der Waals surface area contributed by atoms with Crippen LogP contribution in [0.25, 0.3) is 0 Å². The smallest absolute Gasteiger partial charge is 0.418 e. The average Bonchev–Trinajstić information content (AvgIpc) is 2.24. The third kappa shape index (κ3) is 4.04. The molecule has 5 nitrogen and oxygen atoms in total. The van der Waals surface area contributed by atoms with Crippen LogP contribution in [0, 0.1) is 0 Å². The van der Waals surface area contributed by atoms with E-state index in [1.165, 1.54) is 19.2 Å². The van der Waals surface area contributed by atoms with Crippen molar-refractivity contribution in [2.75, 3.05) is 13.6 Å². The predicted molar refractivity (Wildman–Crippen MR) is 56.2 cm³/mol. The predicted octanol–water partition coefficient (Wildman–Crippen LogP) is 2.72. The Hall–Kier alpha value is -2.12. The van der Waals surface area contributed by atoms with Gasteiger partial charge >= 0.3 is 12.1 Å². The highest BCUT2D eigenvalue weighted by Gasteiger charge is 2.33. The number of hydrogen-bond donors (Lipinski definition) is 1. The van der Waals surface area contributed by atoms with Gasteiger partial charge in [-0.3, -0.25) is 9.80 Å². The summed E-state index contributed by atoms with van der Waals surface area (Å²) in [6.07, 6.45) is -4.53. The molecule has 1 aromatic rings. The minimum Gasteiger partial charge on any atom is -0.480 e. The number of hydrogen-bond acceptors (Lipinski definition) is 3. The second kappa shape index (κ2) is 5.48. The first kappa shape index (κ1) is 13.9. The van der Waals surface area contributed by atoms with Gasteiger partial charge in [-0.1, -0.05) is 17.4 Å². The summed E-state index contributed by atoms with van der Waals surface area (Å²) in [4.78, 5) is 10.3. The Balaban J connectivity index is 2.91. The number of alkyl halides is 3. The van der Waals surface area contributed by atoms with Gasteiger partial charge in [0.2, 0.25) is 0 Å². The standard InChI is InChI=1S/C10H10F3N3O2/c1-16(6-9(17)18)15-14-8-5-3-2-4-7(8)10(11,12)13/h2-5H,6H2,1H3,(H,17,18). The Labute approximate surface area is 101 Å². The van der Waals surface area contributed by atoms with Crippen molar-refractivity contribution in [3.05, 3.63) is 29.8 Å². The Morgan fingerprint density at radius 1 is 1.39 bits per heavy atom. The van der Waals surface area contributed by atoms with Crippen LogP contribution in [0.3, 0.4) is 0 Å². The van der Waals surface area contributed by atoms with Crippen LogP contribution in [0.5, 0.6) is 0 Å². The molecular weight excluding hydrogens is 251 g/mol. The molecule has 0 fully saturated rings. The number of benzene rings is 1. The van der Waals surface area contributed by atoms with Crippen molar-refractivity contribution in [3.8, 4) is 0 Å². The lowest BCUT2D eigenvalue weighted by atomic mass is 10.2. The van der Waals surface area contributed by atoms with Gasteiger partial charge in [-0.15, -0.1) is 5.11 Å². The van der Waals surface area contributed by atoms with Crippen LogP contribution in [0.1, 0.15) is 5.56 Å². The minimum absolute atomic E-state index is 0.359. The Kier molecular flexibility index (Phi) is 4.24. The molecule has 0 radical (unpaired) electrons. The molecule has 0 saturated heterocycles. The number of aliphatic carboxylic acids is 1. The van der Waals surface area contributed by atoms with E-state index in [1.54, 1.807) is 0 Å². The summed E-state index contributed by atoms with van der Waals surface area (Å²) in [7, 11) is 1.30. The molecule has 0 amide bonds. The van der Waals surface area contributed by atoms with Crippen molar-refractivity contribution in [1.29, 1.82) is 0 Å². The number of carboxylic acid groups (broad SMARTS) is 1. The summed E-state index contributed by atoms with van der Waals surface area (Å²) in [5, 5.41) is 16.1. The monoisotopic (exact) mass is 261 g/mol. The van der Waals surface area contributed by atoms with Crippen LogP contribution in [-0.2, 0) is 11.0 Å². The topological polar surface area (TPSA) is 65.3 Å². The summed E-state index contributed by atoms with van der Waals surface area (Å²) in [6, 6.07) is 4.66. The lowest BCUT2D eigenvalue weighted by Crippen LogP contribution is -2.19. The van der Waals surface area contributed by atoms with E-state index in [4.69, 9.17) is 5.11 Å². The van der Waals surface area contributed by atoms with Gasteiger partial charge in [0.1, 0.15) is 6.54 Å². The van der Waals surface area contributed by atoms with Gasteiger partial charge in [0.25, 0.3) is 0 Å². The highest BCUT2D eigenvalue weighted by Crippen LogP contribution is 2.36. The lowest BCUT2D eigenvalue weighted by Gasteiger charge is -2.10. The fraction of sp³-hybridized carbons (Fsp3) is 0.300. The van der Waals surface area contributed by atoms with Gasteiger partial charge in [-0.05, 0) is 12.1 Å². The second-order valence-corrected chi connectivity index (χ2v) is 3.41. The molecule has 8 heteroatoms. The van der Waals surface area contributed by atoms with Crippen molar-refractivity contribution in [1.82, 2.24) is 5.01 Å². The quantitative estimate of drug-likeness (QED) is 0.669. The Morgan fingerprint density at radius 3 is 2.56 bits per heavy atom. The fourth-order valence-electron chi connectivity index (χ4n) is 1.15. The third-order valence-electron chi connectivity index (χ3n) is 1.88. The molecule has 0 atom stereocenters. The summed E-state index contributed by atoms with van der Waals surface area (Å²) in [5.41, 5.74) is -1.28. The number of rotatable bonds is 4. The zero-order valence-electron chi connectivity index (χ0n) is 9.35. The molecule has 1 rings (SSSR count). The van der Waals surface area contributed by atoms with Gasteiger partial charge in [0.05, 0.1) is 11.3 Å². The average molecular weight is 261 g/mol. The van der Waals surface area contributed by atoms with E-state index in [9.17, 15) is 18.0 Å². The van der Waals surface area contributed by atoms with Crippen molar-refractivity contribution in [3.63, 3.8) is 0 Å². The molecule has 1 N–H and O–H groups in total. The molecular formula is C10H10F3N3O2. The molecule has 1 aromatic carbocycles. The zero-order valence-corrected chi connectivity index (χ0v) is 9.35. The molecule has 0 bridgehead atoms. The molecule has 98 valence electrons. The number of halogens is 3. The van der Waals surface area contributed by atoms with Crippen molar-refractivity contribution in [2.24, 2.45) is 10.3 Å². The second-order valence-electron chi connectivity index (χ2n) is 3.41. The molecule has 0 aliphatic rings. The van der Waals surface area contributed by atoms with E-state index in [-0.39, 0.29) is 5.69 Å². The van der Waals surface area contributed by atoms with E-state index < -0.39 is 24.3 Å². The summed E-state index contributed by atoms with van der Waals surface area (Å²) < 4.78 is 37.7. The molecule has 0 saturated carbocycles. The maximum atomic E-state index is 12.6. The van der Waals surface area contributed by atoms with Crippen LogP contribution in [-0.4, -0.2) is 29.7 Å². The van der Waals surface area contributed by atoms with Gasteiger partial charge in [0.15, 0.2) is 0 Å². The number of likely N-dealkylation sites (N-methyl/N-ethyl adjacent to an activating group) is 1. The molecule has 0 unspecified atom stereocenters. The molecule has 0 aliphatic carbocycles.